The summed E-state index contributed by atoms with van der Waals surface area (Å²) in [5.74, 6) is -0.700. The zero-order valence-corrected chi connectivity index (χ0v) is 12.6. The molecule has 0 aliphatic heterocycles. The number of pyridine rings is 1. The summed E-state index contributed by atoms with van der Waals surface area (Å²) in [5.41, 5.74) is 1.25. The van der Waals surface area contributed by atoms with Crippen LogP contribution in [0.15, 0.2) is 42.7 Å². The van der Waals surface area contributed by atoms with Gasteiger partial charge in [-0.3, -0.25) is 9.78 Å². The molecule has 1 amide bonds. The topological polar surface area (TPSA) is 33.2 Å². The molecule has 0 spiro atoms. The second-order valence-electron chi connectivity index (χ2n) is 4.75. The normalized spacial score (nSPS) is 12.0. The fourth-order valence-corrected chi connectivity index (χ4v) is 2.55. The van der Waals surface area contributed by atoms with Crippen molar-refractivity contribution < 1.29 is 9.18 Å². The summed E-state index contributed by atoms with van der Waals surface area (Å²) in [6, 6.07) is 7.45. The largest absolute Gasteiger partial charge is 0.335 e. The Morgan fingerprint density at radius 2 is 2.19 bits per heavy atom. The molecule has 1 aromatic heterocycles. The van der Waals surface area contributed by atoms with Gasteiger partial charge in [-0.2, -0.15) is 0 Å². The number of hydrogen-bond acceptors (Lipinski definition) is 2. The highest BCUT2D eigenvalue weighted by atomic mass is 35.5. The molecule has 0 N–H and O–H groups in total. The van der Waals surface area contributed by atoms with Crippen molar-refractivity contribution in [3.05, 3.63) is 64.7 Å². The Morgan fingerprint density at radius 3 is 2.76 bits per heavy atom. The number of benzene rings is 1. The van der Waals surface area contributed by atoms with Crippen LogP contribution >= 0.6 is 11.6 Å². The molecule has 2 aromatic rings. The summed E-state index contributed by atoms with van der Waals surface area (Å²) in [6.07, 6.45) is 4.17. The van der Waals surface area contributed by atoms with Crippen LogP contribution in [-0.2, 0) is 0 Å². The molecule has 21 heavy (non-hydrogen) atoms. The number of carbonyl (C=O) groups excluding carboxylic acids is 1. The van der Waals surface area contributed by atoms with Gasteiger partial charge in [0, 0.05) is 19.4 Å². The van der Waals surface area contributed by atoms with Gasteiger partial charge < -0.3 is 4.90 Å². The van der Waals surface area contributed by atoms with Gasteiger partial charge in [0.25, 0.3) is 5.91 Å². The monoisotopic (exact) mass is 306 g/mol. The third kappa shape index (κ3) is 3.39. The third-order valence-electron chi connectivity index (χ3n) is 3.41. The standard InChI is InChI=1S/C16H16ClFN2O/c1-3-15(11-5-4-8-19-10-11)20(2)16(21)13-7-6-12(18)9-14(13)17/h4-10,15H,3H2,1-2H3/t15-/m0/s1. The lowest BCUT2D eigenvalue weighted by atomic mass is 10.0. The van der Waals surface area contributed by atoms with Gasteiger partial charge in [-0.05, 0) is 36.2 Å². The van der Waals surface area contributed by atoms with E-state index in [0.717, 1.165) is 18.1 Å². The van der Waals surface area contributed by atoms with Gasteiger partial charge >= 0.3 is 0 Å². The van der Waals surface area contributed by atoms with Gasteiger partial charge in [-0.25, -0.2) is 4.39 Å². The quantitative estimate of drug-likeness (QED) is 0.852. The molecular formula is C16H16ClFN2O. The maximum Gasteiger partial charge on any atom is 0.255 e. The molecule has 5 heteroatoms. The molecule has 0 bridgehead atoms. The van der Waals surface area contributed by atoms with Crippen LogP contribution in [-0.4, -0.2) is 22.8 Å². The van der Waals surface area contributed by atoms with E-state index in [0.29, 0.717) is 5.56 Å². The van der Waals surface area contributed by atoms with Crippen LogP contribution in [0.1, 0.15) is 35.3 Å². The molecule has 1 atom stereocenters. The average molecular weight is 307 g/mol. The fraction of sp³-hybridized carbons (Fsp3) is 0.250. The maximum absolute atomic E-state index is 13.1. The Balaban J connectivity index is 2.29. The van der Waals surface area contributed by atoms with Crippen LogP contribution in [0.2, 0.25) is 5.02 Å². The van der Waals surface area contributed by atoms with Gasteiger partial charge in [0.1, 0.15) is 5.82 Å². The molecule has 2 rings (SSSR count). The summed E-state index contributed by atoms with van der Waals surface area (Å²) in [6.45, 7) is 1.99. The molecule has 0 aliphatic rings. The molecule has 0 radical (unpaired) electrons. The minimum absolute atomic E-state index is 0.104. The molecule has 0 fully saturated rings. The van der Waals surface area contributed by atoms with Crippen LogP contribution in [0.3, 0.4) is 0 Å². The first-order chi connectivity index (χ1) is 10.0. The number of nitrogens with zero attached hydrogens (tertiary/aromatic N) is 2. The van der Waals surface area contributed by atoms with Crippen molar-refractivity contribution in [1.82, 2.24) is 9.88 Å². The molecule has 0 unspecified atom stereocenters. The minimum Gasteiger partial charge on any atom is -0.335 e. The zero-order valence-electron chi connectivity index (χ0n) is 11.9. The van der Waals surface area contributed by atoms with Crippen molar-refractivity contribution in [2.75, 3.05) is 7.05 Å². The van der Waals surface area contributed by atoms with Crippen molar-refractivity contribution >= 4 is 17.5 Å². The lowest BCUT2D eigenvalue weighted by molar-refractivity contribution is 0.0726. The van der Waals surface area contributed by atoms with E-state index in [1.165, 1.54) is 12.1 Å². The number of aromatic nitrogens is 1. The lowest BCUT2D eigenvalue weighted by Crippen LogP contribution is -2.31. The first kappa shape index (κ1) is 15.4. The van der Waals surface area contributed by atoms with Crippen molar-refractivity contribution in [3.63, 3.8) is 0 Å². The van der Waals surface area contributed by atoms with E-state index in [1.807, 2.05) is 19.1 Å². The van der Waals surface area contributed by atoms with E-state index in [9.17, 15) is 9.18 Å². The van der Waals surface area contributed by atoms with Crippen molar-refractivity contribution in [1.29, 1.82) is 0 Å². The SMILES string of the molecule is CC[C@@H](c1cccnc1)N(C)C(=O)c1ccc(F)cc1Cl. The zero-order chi connectivity index (χ0) is 15.4. The average Bonchev–Trinajstić information content (AvgIpc) is 2.48. The van der Waals surface area contributed by atoms with E-state index >= 15 is 0 Å². The molecule has 1 aromatic carbocycles. The van der Waals surface area contributed by atoms with Crippen LogP contribution in [0.5, 0.6) is 0 Å². The van der Waals surface area contributed by atoms with Crippen molar-refractivity contribution in [2.45, 2.75) is 19.4 Å². The first-order valence-corrected chi connectivity index (χ1v) is 7.04. The van der Waals surface area contributed by atoms with Crippen LogP contribution in [0.4, 0.5) is 4.39 Å². The van der Waals surface area contributed by atoms with Gasteiger partial charge in [0.05, 0.1) is 16.6 Å². The number of halogens is 2. The maximum atomic E-state index is 13.1. The van der Waals surface area contributed by atoms with Crippen LogP contribution in [0, 0.1) is 5.82 Å². The second-order valence-corrected chi connectivity index (χ2v) is 5.16. The van der Waals surface area contributed by atoms with E-state index in [4.69, 9.17) is 11.6 Å². The van der Waals surface area contributed by atoms with E-state index in [1.54, 1.807) is 24.3 Å². The van der Waals surface area contributed by atoms with Crippen molar-refractivity contribution in [3.8, 4) is 0 Å². The molecule has 1 heterocycles. The van der Waals surface area contributed by atoms with Gasteiger partial charge in [0.2, 0.25) is 0 Å². The summed E-state index contributed by atoms with van der Waals surface area (Å²) in [5, 5.41) is 0.118. The molecule has 110 valence electrons. The summed E-state index contributed by atoms with van der Waals surface area (Å²) in [4.78, 5) is 18.2. The minimum atomic E-state index is -0.460. The smallest absolute Gasteiger partial charge is 0.255 e. The number of amides is 1. The summed E-state index contributed by atoms with van der Waals surface area (Å²) < 4.78 is 13.1. The highest BCUT2D eigenvalue weighted by Gasteiger charge is 2.23. The van der Waals surface area contributed by atoms with Crippen molar-refractivity contribution in [2.24, 2.45) is 0 Å². The highest BCUT2D eigenvalue weighted by Crippen LogP contribution is 2.26. The molecule has 3 nitrogen and oxygen atoms in total. The predicted octanol–water partition coefficient (Wildman–Crippen LogP) is 4.10. The third-order valence-corrected chi connectivity index (χ3v) is 3.72. The number of carbonyl (C=O) groups is 1. The van der Waals surface area contributed by atoms with Crippen LogP contribution < -0.4 is 0 Å². The van der Waals surface area contributed by atoms with Gasteiger partial charge in [-0.15, -0.1) is 0 Å². The Morgan fingerprint density at radius 1 is 1.43 bits per heavy atom. The second kappa shape index (κ2) is 6.68. The van der Waals surface area contributed by atoms with E-state index in [2.05, 4.69) is 4.98 Å². The summed E-state index contributed by atoms with van der Waals surface area (Å²) in [7, 11) is 1.71. The Kier molecular flexibility index (Phi) is 4.91. The van der Waals surface area contributed by atoms with Gasteiger partial charge in [0.15, 0.2) is 0 Å². The highest BCUT2D eigenvalue weighted by molar-refractivity contribution is 6.33. The lowest BCUT2D eigenvalue weighted by Gasteiger charge is -2.27. The first-order valence-electron chi connectivity index (χ1n) is 6.66. The fourth-order valence-electron chi connectivity index (χ4n) is 2.30. The van der Waals surface area contributed by atoms with Gasteiger partial charge in [-0.1, -0.05) is 24.6 Å². The Bertz CT molecular complexity index is 633. The Hall–Kier alpha value is -1.94. The number of rotatable bonds is 4. The predicted molar refractivity (Wildman–Crippen MR) is 80.8 cm³/mol. The Labute approximate surface area is 128 Å². The van der Waals surface area contributed by atoms with E-state index in [-0.39, 0.29) is 17.0 Å². The molecule has 0 aliphatic carbocycles. The van der Waals surface area contributed by atoms with E-state index < -0.39 is 5.82 Å². The molecule has 0 saturated heterocycles. The number of hydrogen-bond donors (Lipinski definition) is 0. The molecule has 0 saturated carbocycles. The summed E-state index contributed by atoms with van der Waals surface area (Å²) >= 11 is 5.96. The van der Waals surface area contributed by atoms with Crippen LogP contribution in [0.25, 0.3) is 0 Å². The molecular weight excluding hydrogens is 291 g/mol.